The number of nitrogens with zero attached hydrogens (tertiary/aromatic N) is 4. The zero-order chi connectivity index (χ0) is 13.8. The summed E-state index contributed by atoms with van der Waals surface area (Å²) in [5.74, 6) is 0. The summed E-state index contributed by atoms with van der Waals surface area (Å²) in [7, 11) is 0. The van der Waals surface area contributed by atoms with Crippen LogP contribution in [0.25, 0.3) is 38.2 Å². The zero-order valence-corrected chi connectivity index (χ0v) is 11.1. The first-order valence-electron chi connectivity index (χ1n) is 6.81. The number of aromatic nitrogens is 4. The Kier molecular flexibility index (Phi) is 1.92. The van der Waals surface area contributed by atoms with E-state index in [4.69, 9.17) is 0 Å². The van der Waals surface area contributed by atoms with Gasteiger partial charge in [0.25, 0.3) is 0 Å². The van der Waals surface area contributed by atoms with Gasteiger partial charge in [-0.3, -0.25) is 9.97 Å². The van der Waals surface area contributed by atoms with Crippen LogP contribution in [-0.2, 0) is 0 Å². The number of benzene rings is 1. The summed E-state index contributed by atoms with van der Waals surface area (Å²) >= 11 is 0. The van der Waals surface area contributed by atoms with E-state index in [2.05, 4.69) is 27.2 Å². The van der Waals surface area contributed by atoms with Gasteiger partial charge in [0.15, 0.2) is 0 Å². The highest BCUT2D eigenvalue weighted by molar-refractivity contribution is 6.20. The number of hydrogen-bond acceptors (Lipinski definition) is 3. The molecule has 5 aromatic rings. The fraction of sp³-hybridized carbons (Fsp3) is 0. The van der Waals surface area contributed by atoms with Crippen LogP contribution in [0.4, 0.5) is 0 Å². The van der Waals surface area contributed by atoms with Crippen molar-refractivity contribution < 1.29 is 0 Å². The highest BCUT2D eigenvalue weighted by Gasteiger charge is 2.12. The van der Waals surface area contributed by atoms with Crippen LogP contribution in [0.2, 0.25) is 0 Å². The maximum absolute atomic E-state index is 4.56. The molecule has 0 aliphatic heterocycles. The van der Waals surface area contributed by atoms with E-state index in [0.717, 1.165) is 38.2 Å². The molecule has 0 aliphatic rings. The van der Waals surface area contributed by atoms with Crippen molar-refractivity contribution >= 4 is 38.2 Å². The standard InChI is InChI=1S/C17H10N4/c1-2-6-13-11(4-1)16-12-5-3-8-18-17(12)14-7-9-20-21(14)15(16)10-19-13/h1-10H. The molecule has 0 spiro atoms. The molecule has 0 amide bonds. The molecule has 4 aromatic heterocycles. The topological polar surface area (TPSA) is 43.1 Å². The van der Waals surface area contributed by atoms with E-state index in [1.807, 2.05) is 47.2 Å². The summed E-state index contributed by atoms with van der Waals surface area (Å²) in [5.41, 5.74) is 3.98. The Balaban J connectivity index is 2.25. The Bertz CT molecular complexity index is 1140. The molecule has 0 saturated heterocycles. The Hall–Kier alpha value is -3.01. The summed E-state index contributed by atoms with van der Waals surface area (Å²) in [6, 6.07) is 14.3. The van der Waals surface area contributed by atoms with Crippen molar-refractivity contribution in [2.75, 3.05) is 0 Å². The molecule has 0 N–H and O–H groups in total. The lowest BCUT2D eigenvalue weighted by molar-refractivity contribution is 1.00. The highest BCUT2D eigenvalue weighted by atomic mass is 15.2. The number of fused-ring (bicyclic) bond motifs is 8. The molecule has 0 unspecified atom stereocenters. The van der Waals surface area contributed by atoms with Gasteiger partial charge in [-0.25, -0.2) is 4.52 Å². The molecular weight excluding hydrogens is 260 g/mol. The number of pyridine rings is 3. The van der Waals surface area contributed by atoms with Gasteiger partial charge in [0.05, 0.1) is 34.5 Å². The fourth-order valence-electron chi connectivity index (χ4n) is 3.06. The lowest BCUT2D eigenvalue weighted by atomic mass is 10.0. The second kappa shape index (κ2) is 3.76. The predicted octanol–water partition coefficient (Wildman–Crippen LogP) is 3.58. The van der Waals surface area contributed by atoms with E-state index in [-0.39, 0.29) is 0 Å². The Morgan fingerprint density at radius 3 is 2.67 bits per heavy atom. The minimum atomic E-state index is 0.971. The summed E-state index contributed by atoms with van der Waals surface area (Å²) in [6.07, 6.45) is 5.52. The third kappa shape index (κ3) is 1.31. The molecule has 4 heterocycles. The maximum atomic E-state index is 4.56. The van der Waals surface area contributed by atoms with Crippen molar-refractivity contribution in [3.05, 3.63) is 61.1 Å². The van der Waals surface area contributed by atoms with Gasteiger partial charge in [-0.05, 0) is 18.2 Å². The van der Waals surface area contributed by atoms with Crippen LogP contribution >= 0.6 is 0 Å². The summed E-state index contributed by atoms with van der Waals surface area (Å²) in [5, 5.41) is 7.86. The first kappa shape index (κ1) is 10.7. The van der Waals surface area contributed by atoms with Crippen molar-refractivity contribution in [3.8, 4) is 0 Å². The van der Waals surface area contributed by atoms with Crippen molar-refractivity contribution in [2.45, 2.75) is 0 Å². The van der Waals surface area contributed by atoms with Crippen LogP contribution in [0.1, 0.15) is 0 Å². The molecule has 0 atom stereocenters. The molecular formula is C17H10N4. The normalized spacial score (nSPS) is 11.8. The van der Waals surface area contributed by atoms with E-state index in [9.17, 15) is 0 Å². The molecule has 4 heteroatoms. The third-order valence-corrected chi connectivity index (χ3v) is 3.95. The van der Waals surface area contributed by atoms with Gasteiger partial charge in [0.2, 0.25) is 0 Å². The summed E-state index contributed by atoms with van der Waals surface area (Å²) < 4.78 is 1.92. The van der Waals surface area contributed by atoms with Gasteiger partial charge in [0.1, 0.15) is 0 Å². The molecule has 4 nitrogen and oxygen atoms in total. The molecule has 98 valence electrons. The molecule has 0 saturated carbocycles. The lowest BCUT2D eigenvalue weighted by Crippen LogP contribution is -1.95. The fourth-order valence-corrected chi connectivity index (χ4v) is 3.06. The Morgan fingerprint density at radius 1 is 0.762 bits per heavy atom. The van der Waals surface area contributed by atoms with Crippen LogP contribution in [0.5, 0.6) is 0 Å². The molecule has 0 radical (unpaired) electrons. The van der Waals surface area contributed by atoms with Crippen LogP contribution in [0, 0.1) is 0 Å². The van der Waals surface area contributed by atoms with E-state index in [0.29, 0.717) is 0 Å². The van der Waals surface area contributed by atoms with Crippen LogP contribution in [-0.4, -0.2) is 19.6 Å². The quantitative estimate of drug-likeness (QED) is 0.404. The molecule has 0 fully saturated rings. The Morgan fingerprint density at radius 2 is 1.67 bits per heavy atom. The monoisotopic (exact) mass is 270 g/mol. The van der Waals surface area contributed by atoms with E-state index < -0.39 is 0 Å². The van der Waals surface area contributed by atoms with Gasteiger partial charge in [0, 0.05) is 22.4 Å². The smallest absolute Gasteiger partial charge is 0.0966 e. The average Bonchev–Trinajstić information content (AvgIpc) is 3.04. The zero-order valence-electron chi connectivity index (χ0n) is 11.1. The second-order valence-electron chi connectivity index (χ2n) is 5.06. The first-order chi connectivity index (χ1) is 10.4. The average molecular weight is 270 g/mol. The third-order valence-electron chi connectivity index (χ3n) is 3.95. The minimum absolute atomic E-state index is 0.971. The second-order valence-corrected chi connectivity index (χ2v) is 5.06. The van der Waals surface area contributed by atoms with Crippen molar-refractivity contribution in [1.29, 1.82) is 0 Å². The van der Waals surface area contributed by atoms with Crippen molar-refractivity contribution in [3.63, 3.8) is 0 Å². The van der Waals surface area contributed by atoms with Crippen LogP contribution < -0.4 is 0 Å². The van der Waals surface area contributed by atoms with Crippen LogP contribution in [0.15, 0.2) is 61.1 Å². The molecule has 21 heavy (non-hydrogen) atoms. The molecule has 0 aliphatic carbocycles. The lowest BCUT2D eigenvalue weighted by Gasteiger charge is -2.09. The van der Waals surface area contributed by atoms with Gasteiger partial charge < -0.3 is 0 Å². The SMILES string of the molecule is c1ccc2c(c1)ncc1c2c2cccnc2c2ccnn21. The van der Waals surface area contributed by atoms with E-state index in [1.165, 1.54) is 0 Å². The van der Waals surface area contributed by atoms with Crippen molar-refractivity contribution in [1.82, 2.24) is 19.6 Å². The summed E-state index contributed by atoms with van der Waals surface area (Å²) in [4.78, 5) is 9.12. The number of hydrogen-bond donors (Lipinski definition) is 0. The van der Waals surface area contributed by atoms with Gasteiger partial charge in [-0.2, -0.15) is 5.10 Å². The first-order valence-corrected chi connectivity index (χ1v) is 6.81. The van der Waals surface area contributed by atoms with Gasteiger partial charge in [-0.15, -0.1) is 0 Å². The summed E-state index contributed by atoms with van der Waals surface area (Å²) in [6.45, 7) is 0. The highest BCUT2D eigenvalue weighted by Crippen LogP contribution is 2.32. The van der Waals surface area contributed by atoms with E-state index >= 15 is 0 Å². The number of para-hydroxylation sites is 1. The molecule has 1 aromatic carbocycles. The van der Waals surface area contributed by atoms with Gasteiger partial charge >= 0.3 is 0 Å². The largest absolute Gasteiger partial charge is 0.254 e. The molecule has 5 rings (SSSR count). The Labute approximate surface area is 119 Å². The van der Waals surface area contributed by atoms with Crippen molar-refractivity contribution in [2.24, 2.45) is 0 Å². The molecule has 0 bridgehead atoms. The van der Waals surface area contributed by atoms with E-state index in [1.54, 1.807) is 6.20 Å². The predicted molar refractivity (Wildman–Crippen MR) is 83.3 cm³/mol. The minimum Gasteiger partial charge on any atom is -0.254 e. The maximum Gasteiger partial charge on any atom is 0.0966 e. The van der Waals surface area contributed by atoms with Crippen LogP contribution in [0.3, 0.4) is 0 Å². The number of rotatable bonds is 0. The van der Waals surface area contributed by atoms with Gasteiger partial charge in [-0.1, -0.05) is 24.3 Å².